The van der Waals surface area contributed by atoms with Crippen LogP contribution in [0.3, 0.4) is 0 Å². The van der Waals surface area contributed by atoms with E-state index in [0.717, 1.165) is 11.7 Å². The molecule has 68 valence electrons. The Morgan fingerprint density at radius 2 is 2.23 bits per heavy atom. The minimum atomic E-state index is 0.892. The smallest absolute Gasteiger partial charge is 0.278 e. The molecular formula is C10H13N2S+. The summed E-state index contributed by atoms with van der Waals surface area (Å²) >= 11 is 1.66. The van der Waals surface area contributed by atoms with Crippen LogP contribution in [0.1, 0.15) is 12.5 Å². The van der Waals surface area contributed by atoms with E-state index in [2.05, 4.69) is 36.6 Å². The molecule has 2 rings (SSSR count). The second-order valence-electron chi connectivity index (χ2n) is 3.16. The average Bonchev–Trinajstić information content (AvgIpc) is 2.39. The van der Waals surface area contributed by atoms with Gasteiger partial charge < -0.3 is 0 Å². The highest BCUT2D eigenvalue weighted by Crippen LogP contribution is 2.22. The molecule has 1 heterocycles. The third-order valence-corrected chi connectivity index (χ3v) is 3.18. The summed E-state index contributed by atoms with van der Waals surface area (Å²) in [6.07, 6.45) is 0. The Kier molecular flexibility index (Phi) is 1.96. The topological polar surface area (TPSA) is 29.9 Å². The van der Waals surface area contributed by atoms with Crippen molar-refractivity contribution in [2.75, 3.05) is 5.73 Å². The minimum absolute atomic E-state index is 0.892. The van der Waals surface area contributed by atoms with Crippen LogP contribution in [0.2, 0.25) is 0 Å². The maximum absolute atomic E-state index is 5.90. The first kappa shape index (κ1) is 8.51. The van der Waals surface area contributed by atoms with E-state index in [1.165, 1.54) is 15.8 Å². The van der Waals surface area contributed by atoms with Crippen molar-refractivity contribution in [2.24, 2.45) is 0 Å². The number of aromatic nitrogens is 1. The predicted molar refractivity (Wildman–Crippen MR) is 56.8 cm³/mol. The maximum Gasteiger partial charge on any atom is 0.332 e. The number of benzene rings is 1. The minimum Gasteiger partial charge on any atom is -0.278 e. The number of fused-ring (bicyclic) bond motifs is 1. The summed E-state index contributed by atoms with van der Waals surface area (Å²) in [4.78, 5) is 0. The lowest BCUT2D eigenvalue weighted by atomic mass is 10.2. The molecule has 3 heteroatoms. The zero-order valence-electron chi connectivity index (χ0n) is 7.87. The van der Waals surface area contributed by atoms with Gasteiger partial charge in [-0.2, -0.15) is 0 Å². The van der Waals surface area contributed by atoms with Gasteiger partial charge in [0.05, 0.1) is 11.2 Å². The fourth-order valence-corrected chi connectivity index (χ4v) is 2.63. The third-order valence-electron chi connectivity index (χ3n) is 2.20. The number of hydrogen-bond donors (Lipinski definition) is 1. The van der Waals surface area contributed by atoms with Gasteiger partial charge in [-0.3, -0.25) is 5.73 Å². The summed E-state index contributed by atoms with van der Waals surface area (Å²) in [6, 6.07) is 6.45. The number of thiazole rings is 1. The second kappa shape index (κ2) is 3.00. The fraction of sp³-hybridized carbons (Fsp3) is 0.300. The van der Waals surface area contributed by atoms with Crippen LogP contribution < -0.4 is 10.3 Å². The molecule has 2 aromatic rings. The lowest BCUT2D eigenvalue weighted by molar-refractivity contribution is -0.649. The van der Waals surface area contributed by atoms with Crippen LogP contribution in [-0.4, -0.2) is 0 Å². The fourth-order valence-electron chi connectivity index (χ4n) is 1.54. The van der Waals surface area contributed by atoms with Crippen molar-refractivity contribution < 1.29 is 4.57 Å². The van der Waals surface area contributed by atoms with Crippen molar-refractivity contribution in [1.29, 1.82) is 0 Å². The summed E-state index contributed by atoms with van der Waals surface area (Å²) in [5, 5.41) is 0.892. The van der Waals surface area contributed by atoms with Crippen molar-refractivity contribution in [3.05, 3.63) is 23.8 Å². The van der Waals surface area contributed by atoms with Crippen molar-refractivity contribution in [3.63, 3.8) is 0 Å². The Hall–Kier alpha value is -1.09. The molecule has 1 aromatic carbocycles. The van der Waals surface area contributed by atoms with Gasteiger partial charge in [0.1, 0.15) is 5.52 Å². The molecule has 0 aliphatic carbocycles. The lowest BCUT2D eigenvalue weighted by Gasteiger charge is -1.94. The largest absolute Gasteiger partial charge is 0.332 e. The van der Waals surface area contributed by atoms with Crippen molar-refractivity contribution >= 4 is 26.7 Å². The van der Waals surface area contributed by atoms with Crippen LogP contribution in [0, 0.1) is 6.92 Å². The highest BCUT2D eigenvalue weighted by molar-refractivity contribution is 7.21. The molecule has 0 saturated carbocycles. The van der Waals surface area contributed by atoms with Crippen LogP contribution in [0.15, 0.2) is 18.2 Å². The summed E-state index contributed by atoms with van der Waals surface area (Å²) < 4.78 is 3.42. The molecule has 1 aromatic heterocycles. The van der Waals surface area contributed by atoms with Gasteiger partial charge in [-0.15, -0.1) is 0 Å². The first-order valence-electron chi connectivity index (χ1n) is 4.41. The zero-order valence-corrected chi connectivity index (χ0v) is 8.69. The normalized spacial score (nSPS) is 10.9. The first-order valence-corrected chi connectivity index (χ1v) is 5.22. The third kappa shape index (κ3) is 1.29. The first-order chi connectivity index (χ1) is 6.22. The second-order valence-corrected chi connectivity index (χ2v) is 4.22. The van der Waals surface area contributed by atoms with Gasteiger partial charge in [0, 0.05) is 0 Å². The molecular weight excluding hydrogens is 180 g/mol. The molecule has 0 aliphatic heterocycles. The quantitative estimate of drug-likeness (QED) is 0.691. The van der Waals surface area contributed by atoms with Gasteiger partial charge in [0.15, 0.2) is 0 Å². The molecule has 0 radical (unpaired) electrons. The molecule has 0 aliphatic rings. The number of anilines is 1. The summed E-state index contributed by atoms with van der Waals surface area (Å²) in [6.45, 7) is 5.16. The van der Waals surface area contributed by atoms with Crippen LogP contribution in [0.25, 0.3) is 10.2 Å². The Labute approximate surface area is 81.6 Å². The standard InChI is InChI=1S/C10H12N2S/c1-3-12-8-5-4-7(2)6-9(8)13-10(12)11/h4-6,11H,3H2,1-2H3/p+1. The van der Waals surface area contributed by atoms with E-state index in [1.807, 2.05) is 0 Å². The van der Waals surface area contributed by atoms with Gasteiger partial charge in [-0.1, -0.05) is 6.07 Å². The van der Waals surface area contributed by atoms with Crippen molar-refractivity contribution in [1.82, 2.24) is 0 Å². The van der Waals surface area contributed by atoms with Crippen molar-refractivity contribution in [2.45, 2.75) is 20.4 Å². The van der Waals surface area contributed by atoms with E-state index in [-0.39, 0.29) is 0 Å². The summed E-state index contributed by atoms with van der Waals surface area (Å²) in [5.74, 6) is 0. The van der Waals surface area contributed by atoms with E-state index >= 15 is 0 Å². The van der Waals surface area contributed by atoms with Crippen LogP contribution >= 0.6 is 11.3 Å². The van der Waals surface area contributed by atoms with E-state index in [4.69, 9.17) is 5.73 Å². The maximum atomic E-state index is 5.90. The van der Waals surface area contributed by atoms with Crippen molar-refractivity contribution in [3.8, 4) is 0 Å². The average molecular weight is 193 g/mol. The van der Waals surface area contributed by atoms with Gasteiger partial charge in [0.25, 0.3) is 0 Å². The molecule has 2 nitrogen and oxygen atoms in total. The molecule has 0 fully saturated rings. The molecule has 0 spiro atoms. The molecule has 2 N–H and O–H groups in total. The summed E-state index contributed by atoms with van der Waals surface area (Å²) in [7, 11) is 0. The zero-order chi connectivity index (χ0) is 9.42. The SMILES string of the molecule is CC[n+]1c(N)sc2cc(C)ccc21. The molecule has 0 amide bonds. The summed E-state index contributed by atoms with van der Waals surface area (Å²) in [5.41, 5.74) is 8.43. The highest BCUT2D eigenvalue weighted by Gasteiger charge is 2.12. The number of hydrogen-bond acceptors (Lipinski definition) is 2. The van der Waals surface area contributed by atoms with E-state index in [1.54, 1.807) is 11.3 Å². The van der Waals surface area contributed by atoms with Crippen LogP contribution in [0.5, 0.6) is 0 Å². The van der Waals surface area contributed by atoms with E-state index in [0.29, 0.717) is 0 Å². The van der Waals surface area contributed by atoms with Gasteiger partial charge in [-0.05, 0) is 42.9 Å². The lowest BCUT2D eigenvalue weighted by Crippen LogP contribution is -2.33. The Bertz CT molecular complexity index is 445. The molecule has 0 unspecified atom stereocenters. The molecule has 0 saturated heterocycles. The Morgan fingerprint density at radius 3 is 2.92 bits per heavy atom. The Balaban J connectivity index is 2.79. The number of nitrogens with two attached hydrogens (primary N) is 1. The predicted octanol–water partition coefficient (Wildman–Crippen LogP) is 2.10. The number of nitrogens with zero attached hydrogens (tertiary/aromatic N) is 1. The highest BCUT2D eigenvalue weighted by atomic mass is 32.1. The molecule has 13 heavy (non-hydrogen) atoms. The number of rotatable bonds is 1. The monoisotopic (exact) mass is 193 g/mol. The van der Waals surface area contributed by atoms with Crippen LogP contribution in [-0.2, 0) is 6.54 Å². The number of nitrogen functional groups attached to an aromatic ring is 1. The van der Waals surface area contributed by atoms with Gasteiger partial charge in [-0.25, -0.2) is 4.57 Å². The van der Waals surface area contributed by atoms with Gasteiger partial charge in [0.2, 0.25) is 0 Å². The van der Waals surface area contributed by atoms with Gasteiger partial charge >= 0.3 is 5.13 Å². The molecule has 0 bridgehead atoms. The molecule has 0 atom stereocenters. The van der Waals surface area contributed by atoms with E-state index in [9.17, 15) is 0 Å². The Morgan fingerprint density at radius 1 is 1.46 bits per heavy atom. The number of aryl methyl sites for hydroxylation is 2. The van der Waals surface area contributed by atoms with Crippen LogP contribution in [0.4, 0.5) is 5.13 Å². The van der Waals surface area contributed by atoms with E-state index < -0.39 is 0 Å².